The number of hydrogen-bond donors (Lipinski definition) is 1. The standard InChI is InChI=1S/C13H21FN2/c1-11(8-15-2)9-16(3)10-12-4-6-13(14)7-5-12/h4-7,11,15H,8-10H2,1-3H3. The molecule has 90 valence electrons. The van der Waals surface area contributed by atoms with Crippen LogP contribution in [0.5, 0.6) is 0 Å². The predicted octanol–water partition coefficient (Wildman–Crippen LogP) is 2.11. The molecule has 3 heteroatoms. The summed E-state index contributed by atoms with van der Waals surface area (Å²) in [5, 5.41) is 3.17. The van der Waals surface area contributed by atoms with Crippen molar-refractivity contribution in [3.05, 3.63) is 35.6 Å². The van der Waals surface area contributed by atoms with E-state index in [-0.39, 0.29) is 5.82 Å². The van der Waals surface area contributed by atoms with Gasteiger partial charge in [0.15, 0.2) is 0 Å². The van der Waals surface area contributed by atoms with Crippen molar-refractivity contribution in [1.29, 1.82) is 0 Å². The third-order valence-electron chi connectivity index (χ3n) is 2.54. The van der Waals surface area contributed by atoms with Crippen LogP contribution < -0.4 is 5.32 Å². The maximum Gasteiger partial charge on any atom is 0.123 e. The minimum atomic E-state index is -0.171. The molecular formula is C13H21FN2. The smallest absolute Gasteiger partial charge is 0.123 e. The van der Waals surface area contributed by atoms with Crippen LogP contribution in [0.15, 0.2) is 24.3 Å². The second-order valence-corrected chi connectivity index (χ2v) is 4.49. The summed E-state index contributed by atoms with van der Waals surface area (Å²) in [4.78, 5) is 2.26. The molecule has 0 spiro atoms. The normalized spacial score (nSPS) is 13.1. The Bertz CT molecular complexity index is 297. The minimum Gasteiger partial charge on any atom is -0.319 e. The van der Waals surface area contributed by atoms with E-state index in [1.807, 2.05) is 19.2 Å². The second-order valence-electron chi connectivity index (χ2n) is 4.49. The van der Waals surface area contributed by atoms with Crippen LogP contribution in [-0.4, -0.2) is 32.1 Å². The fraction of sp³-hybridized carbons (Fsp3) is 0.538. The molecule has 0 aliphatic carbocycles. The lowest BCUT2D eigenvalue weighted by Crippen LogP contribution is -2.29. The lowest BCUT2D eigenvalue weighted by Gasteiger charge is -2.21. The molecule has 0 aromatic heterocycles. The molecule has 0 radical (unpaired) electrons. The van der Waals surface area contributed by atoms with E-state index in [2.05, 4.69) is 24.2 Å². The van der Waals surface area contributed by atoms with Crippen molar-refractivity contribution in [3.63, 3.8) is 0 Å². The van der Waals surface area contributed by atoms with Gasteiger partial charge in [-0.05, 0) is 44.3 Å². The van der Waals surface area contributed by atoms with Crippen molar-refractivity contribution in [3.8, 4) is 0 Å². The Hall–Kier alpha value is -0.930. The molecule has 0 aliphatic rings. The summed E-state index contributed by atoms with van der Waals surface area (Å²) in [6.45, 7) is 5.15. The van der Waals surface area contributed by atoms with E-state index >= 15 is 0 Å². The second kappa shape index (κ2) is 6.61. The fourth-order valence-electron chi connectivity index (χ4n) is 1.91. The molecule has 0 bridgehead atoms. The number of hydrogen-bond acceptors (Lipinski definition) is 2. The molecule has 1 unspecified atom stereocenters. The summed E-state index contributed by atoms with van der Waals surface area (Å²) < 4.78 is 12.7. The van der Waals surface area contributed by atoms with Crippen LogP contribution in [0.2, 0.25) is 0 Å². The zero-order valence-corrected chi connectivity index (χ0v) is 10.3. The van der Waals surface area contributed by atoms with E-state index in [1.54, 1.807) is 0 Å². The molecule has 0 amide bonds. The Balaban J connectivity index is 2.39. The van der Waals surface area contributed by atoms with Gasteiger partial charge < -0.3 is 10.2 Å². The first-order chi connectivity index (χ1) is 7.61. The number of nitrogens with one attached hydrogen (secondary N) is 1. The minimum absolute atomic E-state index is 0.171. The SMILES string of the molecule is CNCC(C)CN(C)Cc1ccc(F)cc1. The zero-order valence-electron chi connectivity index (χ0n) is 10.3. The van der Waals surface area contributed by atoms with Crippen LogP contribution in [-0.2, 0) is 6.54 Å². The number of rotatable bonds is 6. The largest absolute Gasteiger partial charge is 0.319 e. The van der Waals surface area contributed by atoms with E-state index in [0.717, 1.165) is 25.2 Å². The van der Waals surface area contributed by atoms with Crippen molar-refractivity contribution in [2.75, 3.05) is 27.2 Å². The lowest BCUT2D eigenvalue weighted by atomic mass is 10.1. The Labute approximate surface area is 97.5 Å². The fourth-order valence-corrected chi connectivity index (χ4v) is 1.91. The number of halogens is 1. The molecule has 0 saturated heterocycles. The Morgan fingerprint density at radius 2 is 1.94 bits per heavy atom. The van der Waals surface area contributed by atoms with E-state index in [0.29, 0.717) is 5.92 Å². The van der Waals surface area contributed by atoms with Crippen molar-refractivity contribution in [2.24, 2.45) is 5.92 Å². The van der Waals surface area contributed by atoms with Gasteiger partial charge >= 0.3 is 0 Å². The van der Waals surface area contributed by atoms with Crippen LogP contribution in [0.4, 0.5) is 4.39 Å². The quantitative estimate of drug-likeness (QED) is 0.796. The molecule has 1 aromatic rings. The molecule has 2 nitrogen and oxygen atoms in total. The van der Waals surface area contributed by atoms with Crippen molar-refractivity contribution in [1.82, 2.24) is 10.2 Å². The molecule has 0 heterocycles. The van der Waals surface area contributed by atoms with Crippen molar-refractivity contribution in [2.45, 2.75) is 13.5 Å². The van der Waals surface area contributed by atoms with Crippen molar-refractivity contribution >= 4 is 0 Å². The molecule has 1 atom stereocenters. The highest BCUT2D eigenvalue weighted by Crippen LogP contribution is 2.07. The van der Waals surface area contributed by atoms with Crippen LogP contribution >= 0.6 is 0 Å². The Kier molecular flexibility index (Phi) is 5.43. The first-order valence-corrected chi connectivity index (χ1v) is 5.69. The van der Waals surface area contributed by atoms with Gasteiger partial charge in [0.25, 0.3) is 0 Å². The summed E-state index contributed by atoms with van der Waals surface area (Å²) in [5.74, 6) is 0.449. The van der Waals surface area contributed by atoms with Crippen LogP contribution in [0.1, 0.15) is 12.5 Å². The Morgan fingerprint density at radius 3 is 2.50 bits per heavy atom. The highest BCUT2D eigenvalue weighted by Gasteiger charge is 2.06. The molecule has 0 fully saturated rings. The molecule has 0 saturated carbocycles. The average molecular weight is 224 g/mol. The molecule has 1 rings (SSSR count). The lowest BCUT2D eigenvalue weighted by molar-refractivity contribution is 0.276. The maximum atomic E-state index is 12.7. The first kappa shape index (κ1) is 13.1. The monoisotopic (exact) mass is 224 g/mol. The average Bonchev–Trinajstić information content (AvgIpc) is 2.21. The zero-order chi connectivity index (χ0) is 12.0. The van der Waals surface area contributed by atoms with Gasteiger partial charge in [0.2, 0.25) is 0 Å². The van der Waals surface area contributed by atoms with Gasteiger partial charge in [0.05, 0.1) is 0 Å². The molecule has 16 heavy (non-hydrogen) atoms. The van der Waals surface area contributed by atoms with Gasteiger partial charge in [-0.1, -0.05) is 19.1 Å². The molecule has 0 aliphatic heterocycles. The van der Waals surface area contributed by atoms with E-state index in [9.17, 15) is 4.39 Å². The third-order valence-corrected chi connectivity index (χ3v) is 2.54. The summed E-state index contributed by atoms with van der Waals surface area (Å²) >= 11 is 0. The summed E-state index contributed by atoms with van der Waals surface area (Å²) in [5.41, 5.74) is 1.15. The van der Waals surface area contributed by atoms with Gasteiger partial charge in [-0.3, -0.25) is 0 Å². The Morgan fingerprint density at radius 1 is 1.31 bits per heavy atom. The van der Waals surface area contributed by atoms with Crippen molar-refractivity contribution < 1.29 is 4.39 Å². The summed E-state index contributed by atoms with van der Waals surface area (Å²) in [6, 6.07) is 6.71. The highest BCUT2D eigenvalue weighted by molar-refractivity contribution is 5.15. The molecular weight excluding hydrogens is 203 g/mol. The van der Waals surface area contributed by atoms with Crippen LogP contribution in [0.3, 0.4) is 0 Å². The van der Waals surface area contributed by atoms with Gasteiger partial charge in [-0.25, -0.2) is 4.39 Å². The van der Waals surface area contributed by atoms with E-state index in [4.69, 9.17) is 0 Å². The third kappa shape index (κ3) is 4.73. The van der Waals surface area contributed by atoms with Gasteiger partial charge in [0.1, 0.15) is 5.82 Å². The first-order valence-electron chi connectivity index (χ1n) is 5.69. The summed E-state index contributed by atoms with van der Waals surface area (Å²) in [7, 11) is 4.06. The summed E-state index contributed by atoms with van der Waals surface area (Å²) in [6.07, 6.45) is 0. The molecule has 1 aromatic carbocycles. The maximum absolute atomic E-state index is 12.7. The highest BCUT2D eigenvalue weighted by atomic mass is 19.1. The van der Waals surface area contributed by atoms with E-state index < -0.39 is 0 Å². The topological polar surface area (TPSA) is 15.3 Å². The number of nitrogens with zero attached hydrogens (tertiary/aromatic N) is 1. The van der Waals surface area contributed by atoms with Crippen LogP contribution in [0.25, 0.3) is 0 Å². The van der Waals surface area contributed by atoms with E-state index in [1.165, 1.54) is 12.1 Å². The van der Waals surface area contributed by atoms with Crippen LogP contribution in [0, 0.1) is 11.7 Å². The molecule has 1 N–H and O–H groups in total. The predicted molar refractivity (Wildman–Crippen MR) is 65.8 cm³/mol. The van der Waals surface area contributed by atoms with Gasteiger partial charge in [0, 0.05) is 13.1 Å². The van der Waals surface area contributed by atoms with Gasteiger partial charge in [-0.15, -0.1) is 0 Å². The number of benzene rings is 1. The van der Waals surface area contributed by atoms with Gasteiger partial charge in [-0.2, -0.15) is 0 Å².